The Morgan fingerprint density at radius 2 is 2.64 bits per heavy atom. The lowest BCUT2D eigenvalue weighted by Crippen LogP contribution is -2.35. The number of carbonyl (C=O) groups excluding carboxylic acids is 1. The van der Waals surface area contributed by atoms with E-state index in [9.17, 15) is 4.79 Å². The number of aromatic nitrogens is 1. The zero-order valence-corrected chi connectivity index (χ0v) is 8.04. The van der Waals surface area contributed by atoms with Gasteiger partial charge in [-0.3, -0.25) is 10.1 Å². The quantitative estimate of drug-likeness (QED) is 0.728. The molecule has 2 N–H and O–H groups in total. The van der Waals surface area contributed by atoms with Gasteiger partial charge in [0, 0.05) is 6.07 Å². The van der Waals surface area contributed by atoms with Gasteiger partial charge >= 0.3 is 0 Å². The highest BCUT2D eigenvalue weighted by molar-refractivity contribution is 5.93. The van der Waals surface area contributed by atoms with Gasteiger partial charge in [0.05, 0.1) is 11.7 Å². The molecular weight excluding hydrogens is 182 g/mol. The molecule has 14 heavy (non-hydrogen) atoms. The van der Waals surface area contributed by atoms with Crippen LogP contribution in [0, 0.1) is 6.92 Å². The van der Waals surface area contributed by atoms with Crippen molar-refractivity contribution in [3.05, 3.63) is 11.8 Å². The van der Waals surface area contributed by atoms with Crippen LogP contribution in [0.3, 0.4) is 0 Å². The van der Waals surface area contributed by atoms with Gasteiger partial charge in [-0.15, -0.1) is 0 Å². The monoisotopic (exact) mass is 195 g/mol. The maximum Gasteiger partial charge on any atom is 0.243 e. The summed E-state index contributed by atoms with van der Waals surface area (Å²) < 4.78 is 4.88. The number of carbonyl (C=O) groups is 1. The first-order valence-corrected chi connectivity index (χ1v) is 4.73. The number of nitrogens with one attached hydrogen (secondary N) is 2. The zero-order valence-electron chi connectivity index (χ0n) is 8.04. The second-order valence-electron chi connectivity index (χ2n) is 3.47. The lowest BCUT2D eigenvalue weighted by molar-refractivity contribution is -0.117. The van der Waals surface area contributed by atoms with Crippen LogP contribution in [0.1, 0.15) is 18.5 Å². The summed E-state index contributed by atoms with van der Waals surface area (Å²) in [7, 11) is 0. The molecule has 1 aromatic heterocycles. The Morgan fingerprint density at radius 1 is 1.79 bits per heavy atom. The van der Waals surface area contributed by atoms with E-state index in [0.717, 1.165) is 25.1 Å². The Balaban J connectivity index is 1.93. The lowest BCUT2D eigenvalue weighted by atomic mass is 10.2. The van der Waals surface area contributed by atoms with Crippen molar-refractivity contribution in [2.45, 2.75) is 25.8 Å². The highest BCUT2D eigenvalue weighted by atomic mass is 16.5. The van der Waals surface area contributed by atoms with Crippen LogP contribution in [0.25, 0.3) is 0 Å². The van der Waals surface area contributed by atoms with Gasteiger partial charge in [-0.05, 0) is 26.3 Å². The first kappa shape index (κ1) is 9.21. The highest BCUT2D eigenvalue weighted by Crippen LogP contribution is 2.11. The number of amides is 1. The fourth-order valence-electron chi connectivity index (χ4n) is 1.54. The highest BCUT2D eigenvalue weighted by Gasteiger charge is 2.22. The molecule has 5 nitrogen and oxygen atoms in total. The van der Waals surface area contributed by atoms with Crippen LogP contribution in [-0.2, 0) is 4.79 Å². The third-order valence-corrected chi connectivity index (χ3v) is 2.25. The minimum atomic E-state index is -0.0830. The van der Waals surface area contributed by atoms with Crippen LogP contribution in [0.5, 0.6) is 0 Å². The largest absolute Gasteiger partial charge is 0.338 e. The van der Waals surface area contributed by atoms with Crippen molar-refractivity contribution in [3.63, 3.8) is 0 Å². The van der Waals surface area contributed by atoms with Crippen LogP contribution >= 0.6 is 0 Å². The first-order chi connectivity index (χ1) is 6.75. The fraction of sp³-hybridized carbons (Fsp3) is 0.556. The summed E-state index contributed by atoms with van der Waals surface area (Å²) in [6.45, 7) is 2.72. The third-order valence-electron chi connectivity index (χ3n) is 2.25. The summed E-state index contributed by atoms with van der Waals surface area (Å²) >= 11 is 0. The van der Waals surface area contributed by atoms with E-state index in [2.05, 4.69) is 15.8 Å². The van der Waals surface area contributed by atoms with E-state index in [1.54, 1.807) is 6.07 Å². The molecule has 0 spiro atoms. The van der Waals surface area contributed by atoms with Crippen LogP contribution in [-0.4, -0.2) is 23.7 Å². The van der Waals surface area contributed by atoms with Crippen molar-refractivity contribution >= 4 is 11.8 Å². The minimum absolute atomic E-state index is 0.0429. The molecule has 1 aromatic rings. The summed E-state index contributed by atoms with van der Waals surface area (Å²) in [4.78, 5) is 11.6. The number of hydrogen-bond acceptors (Lipinski definition) is 4. The van der Waals surface area contributed by atoms with Crippen LogP contribution in [0.4, 0.5) is 5.88 Å². The Morgan fingerprint density at radius 3 is 3.21 bits per heavy atom. The van der Waals surface area contributed by atoms with Crippen LogP contribution < -0.4 is 10.6 Å². The molecule has 2 rings (SSSR count). The predicted molar refractivity (Wildman–Crippen MR) is 50.9 cm³/mol. The molecule has 0 radical (unpaired) electrons. The molecule has 1 unspecified atom stereocenters. The van der Waals surface area contributed by atoms with Gasteiger partial charge in [0.25, 0.3) is 0 Å². The van der Waals surface area contributed by atoms with Crippen molar-refractivity contribution in [1.29, 1.82) is 0 Å². The van der Waals surface area contributed by atoms with E-state index in [1.807, 2.05) is 6.92 Å². The van der Waals surface area contributed by atoms with Crippen molar-refractivity contribution in [1.82, 2.24) is 10.5 Å². The normalized spacial score (nSPS) is 21.1. The van der Waals surface area contributed by atoms with E-state index >= 15 is 0 Å². The summed E-state index contributed by atoms with van der Waals surface area (Å²) in [5.41, 5.74) is 0.764. The molecule has 0 saturated carbocycles. The Hall–Kier alpha value is -1.36. The second kappa shape index (κ2) is 3.79. The van der Waals surface area contributed by atoms with Crippen LogP contribution in [0.2, 0.25) is 0 Å². The van der Waals surface area contributed by atoms with Gasteiger partial charge in [-0.25, -0.2) is 0 Å². The Kier molecular flexibility index (Phi) is 2.49. The van der Waals surface area contributed by atoms with E-state index < -0.39 is 0 Å². The molecule has 5 heteroatoms. The average molecular weight is 195 g/mol. The molecule has 0 aliphatic carbocycles. The second-order valence-corrected chi connectivity index (χ2v) is 3.47. The molecule has 1 amide bonds. The van der Waals surface area contributed by atoms with Crippen molar-refractivity contribution in [3.8, 4) is 0 Å². The smallest absolute Gasteiger partial charge is 0.243 e. The number of rotatable bonds is 2. The Bertz CT molecular complexity index is 329. The maximum atomic E-state index is 11.6. The fourth-order valence-corrected chi connectivity index (χ4v) is 1.54. The van der Waals surface area contributed by atoms with Crippen LogP contribution in [0.15, 0.2) is 10.6 Å². The van der Waals surface area contributed by atoms with Crippen molar-refractivity contribution < 1.29 is 9.32 Å². The molecular formula is C9H13N3O2. The molecule has 0 aromatic carbocycles. The minimum Gasteiger partial charge on any atom is -0.338 e. The maximum absolute atomic E-state index is 11.6. The Labute approximate surface area is 81.8 Å². The number of anilines is 1. The number of nitrogens with zero attached hydrogens (tertiary/aromatic N) is 1. The lowest BCUT2D eigenvalue weighted by Gasteiger charge is -2.07. The number of hydrogen-bond donors (Lipinski definition) is 2. The SMILES string of the molecule is Cc1cc(NC(=O)C2CCCN2)on1. The zero-order chi connectivity index (χ0) is 9.97. The molecule has 2 heterocycles. The van der Waals surface area contributed by atoms with Gasteiger partial charge in [0.1, 0.15) is 0 Å². The van der Waals surface area contributed by atoms with Crippen molar-refractivity contribution in [2.24, 2.45) is 0 Å². The summed E-state index contributed by atoms with van der Waals surface area (Å²) in [5.74, 6) is 0.375. The van der Waals surface area contributed by atoms with Gasteiger partial charge in [0.15, 0.2) is 0 Å². The van der Waals surface area contributed by atoms with Gasteiger partial charge < -0.3 is 9.84 Å². The topological polar surface area (TPSA) is 67.2 Å². The van der Waals surface area contributed by atoms with E-state index in [1.165, 1.54) is 0 Å². The van der Waals surface area contributed by atoms with Gasteiger partial charge in [-0.2, -0.15) is 0 Å². The average Bonchev–Trinajstić information content (AvgIpc) is 2.75. The summed E-state index contributed by atoms with van der Waals surface area (Å²) in [6.07, 6.45) is 1.94. The van der Waals surface area contributed by atoms with E-state index in [4.69, 9.17) is 4.52 Å². The molecule has 76 valence electrons. The van der Waals surface area contributed by atoms with Gasteiger partial charge in [-0.1, -0.05) is 5.16 Å². The molecule has 0 bridgehead atoms. The predicted octanol–water partition coefficient (Wildman–Crippen LogP) is 0.674. The van der Waals surface area contributed by atoms with Crippen molar-refractivity contribution in [2.75, 3.05) is 11.9 Å². The standard InChI is InChI=1S/C9H13N3O2/c1-6-5-8(14-12-6)11-9(13)7-3-2-4-10-7/h5,7,10H,2-4H2,1H3,(H,11,13). The van der Waals surface area contributed by atoms with E-state index in [-0.39, 0.29) is 11.9 Å². The van der Waals surface area contributed by atoms with E-state index in [0.29, 0.717) is 5.88 Å². The number of aryl methyl sites for hydroxylation is 1. The molecule has 1 fully saturated rings. The summed E-state index contributed by atoms with van der Waals surface area (Å²) in [6, 6.07) is 1.62. The summed E-state index contributed by atoms with van der Waals surface area (Å²) in [5, 5.41) is 9.47. The molecule has 1 aliphatic rings. The third kappa shape index (κ3) is 1.93. The molecule has 1 aliphatic heterocycles. The van der Waals surface area contributed by atoms with Gasteiger partial charge in [0.2, 0.25) is 11.8 Å². The first-order valence-electron chi connectivity index (χ1n) is 4.73. The molecule has 1 atom stereocenters. The molecule has 1 saturated heterocycles.